The first-order valence-electron chi connectivity index (χ1n) is 5.81. The van der Waals surface area contributed by atoms with E-state index >= 15 is 0 Å². The smallest absolute Gasteiger partial charge is 0.306 e. The Labute approximate surface area is 105 Å². The zero-order valence-electron chi connectivity index (χ0n) is 10.0. The van der Waals surface area contributed by atoms with Crippen LogP contribution in [0.5, 0.6) is 5.75 Å². The number of carboxylic acids is 1. The van der Waals surface area contributed by atoms with E-state index in [1.54, 1.807) is 31.2 Å². The summed E-state index contributed by atoms with van der Waals surface area (Å²) in [6.07, 6.45) is 0.864. The molecular formula is C13H15NO4. The number of hydrogen-bond acceptors (Lipinski definition) is 4. The summed E-state index contributed by atoms with van der Waals surface area (Å²) in [5.41, 5.74) is 1.68. The molecular weight excluding hydrogens is 234 g/mol. The highest BCUT2D eigenvalue weighted by Gasteiger charge is 2.26. The van der Waals surface area contributed by atoms with Crippen LogP contribution in [-0.2, 0) is 9.63 Å². The van der Waals surface area contributed by atoms with E-state index in [1.165, 1.54) is 0 Å². The molecule has 0 saturated heterocycles. The Morgan fingerprint density at radius 1 is 1.50 bits per heavy atom. The standard InChI is InChI=1S/C13H15NO4/c1-8(13(16)17)6-11-7-12(14-18-11)9-2-4-10(15)5-3-9/h2-5,8,11,15H,6-7H2,1H3,(H,16,17). The molecule has 0 bridgehead atoms. The first-order chi connectivity index (χ1) is 8.56. The van der Waals surface area contributed by atoms with E-state index in [-0.39, 0.29) is 11.9 Å². The second kappa shape index (κ2) is 5.08. The largest absolute Gasteiger partial charge is 0.508 e. The third-order valence-corrected chi connectivity index (χ3v) is 2.97. The number of carbonyl (C=O) groups is 1. The van der Waals surface area contributed by atoms with E-state index in [2.05, 4.69) is 5.16 Å². The Bertz CT molecular complexity index is 466. The van der Waals surface area contributed by atoms with Crippen LogP contribution in [0.3, 0.4) is 0 Å². The Morgan fingerprint density at radius 2 is 2.17 bits per heavy atom. The van der Waals surface area contributed by atoms with Crippen LogP contribution >= 0.6 is 0 Å². The second-order valence-electron chi connectivity index (χ2n) is 4.49. The maximum atomic E-state index is 10.8. The van der Waals surface area contributed by atoms with E-state index in [0.29, 0.717) is 12.8 Å². The monoisotopic (exact) mass is 249 g/mol. The average molecular weight is 249 g/mol. The predicted molar refractivity (Wildman–Crippen MR) is 65.6 cm³/mol. The molecule has 0 radical (unpaired) electrons. The molecule has 18 heavy (non-hydrogen) atoms. The normalized spacial score (nSPS) is 20.1. The molecule has 2 unspecified atom stereocenters. The van der Waals surface area contributed by atoms with E-state index in [0.717, 1.165) is 11.3 Å². The molecule has 5 nitrogen and oxygen atoms in total. The summed E-state index contributed by atoms with van der Waals surface area (Å²) in [6, 6.07) is 6.71. The van der Waals surface area contributed by atoms with Gasteiger partial charge in [-0.15, -0.1) is 0 Å². The number of rotatable bonds is 4. The summed E-state index contributed by atoms with van der Waals surface area (Å²) >= 11 is 0. The third kappa shape index (κ3) is 2.80. The van der Waals surface area contributed by atoms with Gasteiger partial charge in [-0.2, -0.15) is 0 Å². The van der Waals surface area contributed by atoms with Crippen molar-refractivity contribution in [3.05, 3.63) is 29.8 Å². The third-order valence-electron chi connectivity index (χ3n) is 2.97. The second-order valence-corrected chi connectivity index (χ2v) is 4.49. The van der Waals surface area contributed by atoms with Gasteiger partial charge in [0.1, 0.15) is 11.9 Å². The van der Waals surface area contributed by atoms with E-state index < -0.39 is 11.9 Å². The van der Waals surface area contributed by atoms with Crippen molar-refractivity contribution < 1.29 is 19.8 Å². The molecule has 0 aliphatic carbocycles. The highest BCUT2D eigenvalue weighted by Crippen LogP contribution is 2.23. The minimum atomic E-state index is -0.823. The van der Waals surface area contributed by atoms with Crippen molar-refractivity contribution in [2.75, 3.05) is 0 Å². The molecule has 0 spiro atoms. The van der Waals surface area contributed by atoms with Gasteiger partial charge in [0.15, 0.2) is 0 Å². The maximum Gasteiger partial charge on any atom is 0.306 e. The molecule has 2 atom stereocenters. The fourth-order valence-electron chi connectivity index (χ4n) is 1.87. The van der Waals surface area contributed by atoms with Gasteiger partial charge < -0.3 is 15.1 Å². The van der Waals surface area contributed by atoms with Crippen LogP contribution in [0.15, 0.2) is 29.4 Å². The van der Waals surface area contributed by atoms with Gasteiger partial charge in [-0.25, -0.2) is 0 Å². The fraction of sp³-hybridized carbons (Fsp3) is 0.385. The van der Waals surface area contributed by atoms with E-state index in [1.807, 2.05) is 0 Å². The molecule has 2 N–H and O–H groups in total. The SMILES string of the molecule is CC(CC1CC(c2ccc(O)cc2)=NO1)C(=O)O. The molecule has 1 aliphatic heterocycles. The van der Waals surface area contributed by atoms with Crippen molar-refractivity contribution in [1.29, 1.82) is 0 Å². The number of aromatic hydroxyl groups is 1. The van der Waals surface area contributed by atoms with Crippen LogP contribution in [0.4, 0.5) is 0 Å². The van der Waals surface area contributed by atoms with Gasteiger partial charge in [-0.05, 0) is 29.8 Å². The molecule has 1 aromatic carbocycles. The van der Waals surface area contributed by atoms with Crippen LogP contribution in [0.25, 0.3) is 0 Å². The minimum absolute atomic E-state index is 0.181. The quantitative estimate of drug-likeness (QED) is 0.855. The van der Waals surface area contributed by atoms with Gasteiger partial charge in [0.2, 0.25) is 0 Å². The van der Waals surface area contributed by atoms with Crippen molar-refractivity contribution in [2.45, 2.75) is 25.9 Å². The number of oxime groups is 1. The average Bonchev–Trinajstić information content (AvgIpc) is 2.78. The van der Waals surface area contributed by atoms with Crippen molar-refractivity contribution in [2.24, 2.45) is 11.1 Å². The Balaban J connectivity index is 1.95. The Kier molecular flexibility index (Phi) is 3.50. The highest BCUT2D eigenvalue weighted by atomic mass is 16.6. The zero-order chi connectivity index (χ0) is 13.1. The first kappa shape index (κ1) is 12.4. The number of nitrogens with zero attached hydrogens (tertiary/aromatic N) is 1. The number of phenolic OH excluding ortho intramolecular Hbond substituents is 1. The minimum Gasteiger partial charge on any atom is -0.508 e. The van der Waals surface area contributed by atoms with Gasteiger partial charge in [0.25, 0.3) is 0 Å². The number of carboxylic acid groups (broad SMARTS) is 1. The number of aliphatic carboxylic acids is 1. The predicted octanol–water partition coefficient (Wildman–Crippen LogP) is 2.00. The molecule has 2 rings (SSSR count). The first-order valence-corrected chi connectivity index (χ1v) is 5.81. The topological polar surface area (TPSA) is 79.1 Å². The molecule has 0 aromatic heterocycles. The lowest BCUT2D eigenvalue weighted by Crippen LogP contribution is -2.18. The van der Waals surface area contributed by atoms with E-state index in [9.17, 15) is 9.90 Å². The van der Waals surface area contributed by atoms with Gasteiger partial charge in [-0.3, -0.25) is 4.79 Å². The van der Waals surface area contributed by atoms with Crippen LogP contribution in [0, 0.1) is 5.92 Å². The molecule has 0 saturated carbocycles. The molecule has 0 fully saturated rings. The number of hydrogen-bond donors (Lipinski definition) is 2. The van der Waals surface area contributed by atoms with Gasteiger partial charge in [0.05, 0.1) is 11.6 Å². The van der Waals surface area contributed by atoms with Crippen LogP contribution in [0.1, 0.15) is 25.3 Å². The van der Waals surface area contributed by atoms with E-state index in [4.69, 9.17) is 9.94 Å². The molecule has 5 heteroatoms. The number of benzene rings is 1. The molecule has 0 amide bonds. The molecule has 1 aliphatic rings. The van der Waals surface area contributed by atoms with Crippen molar-refractivity contribution in [3.8, 4) is 5.75 Å². The summed E-state index contributed by atoms with van der Waals surface area (Å²) in [7, 11) is 0. The van der Waals surface area contributed by atoms with Crippen molar-refractivity contribution in [3.63, 3.8) is 0 Å². The Hall–Kier alpha value is -2.04. The number of phenols is 1. The summed E-state index contributed by atoms with van der Waals surface area (Å²) < 4.78 is 0. The van der Waals surface area contributed by atoms with Gasteiger partial charge in [0, 0.05) is 12.8 Å². The Morgan fingerprint density at radius 3 is 2.78 bits per heavy atom. The van der Waals surface area contributed by atoms with Crippen LogP contribution < -0.4 is 0 Å². The summed E-state index contributed by atoms with van der Waals surface area (Å²) in [5.74, 6) is -1.06. The zero-order valence-corrected chi connectivity index (χ0v) is 10.0. The van der Waals surface area contributed by atoms with Gasteiger partial charge in [-0.1, -0.05) is 12.1 Å². The van der Waals surface area contributed by atoms with Crippen molar-refractivity contribution in [1.82, 2.24) is 0 Å². The van der Waals surface area contributed by atoms with Crippen LogP contribution in [-0.4, -0.2) is 28.0 Å². The summed E-state index contributed by atoms with van der Waals surface area (Å²) in [4.78, 5) is 16.0. The highest BCUT2D eigenvalue weighted by molar-refractivity contribution is 6.01. The van der Waals surface area contributed by atoms with Crippen LogP contribution in [0.2, 0.25) is 0 Å². The lowest BCUT2D eigenvalue weighted by atomic mass is 9.98. The van der Waals surface area contributed by atoms with Gasteiger partial charge >= 0.3 is 5.97 Å². The lowest BCUT2D eigenvalue weighted by Gasteiger charge is -2.10. The molecule has 96 valence electrons. The fourth-order valence-corrected chi connectivity index (χ4v) is 1.87. The molecule has 1 heterocycles. The summed E-state index contributed by atoms with van der Waals surface area (Å²) in [5, 5.41) is 22.0. The molecule has 1 aromatic rings. The lowest BCUT2D eigenvalue weighted by molar-refractivity contribution is -0.142. The summed E-state index contributed by atoms with van der Waals surface area (Å²) in [6.45, 7) is 1.66. The van der Waals surface area contributed by atoms with Crippen molar-refractivity contribution >= 4 is 11.7 Å². The maximum absolute atomic E-state index is 10.8.